The van der Waals surface area contributed by atoms with Gasteiger partial charge in [-0.1, -0.05) is 51.1 Å². The average Bonchev–Trinajstić information content (AvgIpc) is 3.34. The molecule has 2 aromatic rings. The molecule has 4 aliphatic carbocycles. The number of carbonyl (C=O) groups excluding carboxylic acids is 1. The number of nitrogens with zero attached hydrogens (tertiary/aromatic N) is 2. The molecule has 174 valence electrons. The number of amides is 1. The predicted octanol–water partition coefficient (Wildman–Crippen LogP) is 5.73. The highest BCUT2D eigenvalue weighted by molar-refractivity contribution is 5.99. The minimum Gasteiger partial charge on any atom is -0.363 e. The lowest BCUT2D eigenvalue weighted by Crippen LogP contribution is -2.50. The Bertz CT molecular complexity index is 1110. The molecule has 4 fully saturated rings. The third-order valence-corrected chi connectivity index (χ3v) is 10.2. The standard InChI is InChI=1S/C28H36N4O/c1-26(2,3)23-11-22(18-7-5-4-6-8-18)30-24-21(15-29-32(23)24)25(33)31-27-12-17-9-19-10-20(14-27)28(19,13-17)16-27/h4-8,15,17,19-20,22-23,30H,9-14,16H2,1-3H3,(H,31,33). The maximum absolute atomic E-state index is 13.8. The lowest BCUT2D eigenvalue weighted by molar-refractivity contribution is -0.000690. The van der Waals surface area contributed by atoms with Gasteiger partial charge in [0.25, 0.3) is 5.91 Å². The first kappa shape index (κ1) is 20.1. The summed E-state index contributed by atoms with van der Waals surface area (Å²) in [6, 6.07) is 11.0. The first-order valence-electron chi connectivity index (χ1n) is 13.0. The second kappa shape index (κ2) is 6.43. The van der Waals surface area contributed by atoms with Crippen molar-refractivity contribution in [2.24, 2.45) is 28.6 Å². The molecule has 1 amide bonds. The first-order chi connectivity index (χ1) is 15.8. The summed E-state index contributed by atoms with van der Waals surface area (Å²) < 4.78 is 2.09. The van der Waals surface area contributed by atoms with E-state index in [1.807, 2.05) is 6.20 Å². The lowest BCUT2D eigenvalue weighted by atomic mass is 9.56. The SMILES string of the molecule is CC(C)(C)C1CC(c2ccccc2)Nc2c(C(=O)NC34CC5CC6CC(C3)C6(C5)C4)cnn21. The topological polar surface area (TPSA) is 59.0 Å². The molecule has 1 aromatic carbocycles. The molecule has 1 aliphatic heterocycles. The smallest absolute Gasteiger partial charge is 0.257 e. The number of aromatic nitrogens is 2. The van der Waals surface area contributed by atoms with Crippen LogP contribution in [0.2, 0.25) is 0 Å². The molecular weight excluding hydrogens is 408 g/mol. The first-order valence-corrected chi connectivity index (χ1v) is 13.0. The fraction of sp³-hybridized carbons (Fsp3) is 0.643. The van der Waals surface area contributed by atoms with Crippen molar-refractivity contribution in [1.82, 2.24) is 15.1 Å². The van der Waals surface area contributed by atoms with Crippen molar-refractivity contribution < 1.29 is 4.79 Å². The van der Waals surface area contributed by atoms with Gasteiger partial charge in [-0.25, -0.2) is 4.68 Å². The molecular formula is C28H36N4O. The zero-order valence-corrected chi connectivity index (χ0v) is 20.1. The third kappa shape index (κ3) is 2.77. The fourth-order valence-corrected chi connectivity index (χ4v) is 8.89. The number of benzene rings is 1. The van der Waals surface area contributed by atoms with Crippen LogP contribution >= 0.6 is 0 Å². The maximum Gasteiger partial charge on any atom is 0.257 e. The Morgan fingerprint density at radius 1 is 1.09 bits per heavy atom. The van der Waals surface area contributed by atoms with Crippen LogP contribution in [-0.2, 0) is 0 Å². The van der Waals surface area contributed by atoms with E-state index in [2.05, 4.69) is 66.4 Å². The minimum absolute atomic E-state index is 0.0155. The zero-order chi connectivity index (χ0) is 22.6. The van der Waals surface area contributed by atoms with Crippen molar-refractivity contribution in [3.63, 3.8) is 0 Å². The van der Waals surface area contributed by atoms with Gasteiger partial charge in [-0.3, -0.25) is 4.79 Å². The van der Waals surface area contributed by atoms with Crippen LogP contribution in [0.3, 0.4) is 0 Å². The van der Waals surface area contributed by atoms with Gasteiger partial charge in [0.15, 0.2) is 0 Å². The second-order valence-electron chi connectivity index (χ2n) is 13.1. The van der Waals surface area contributed by atoms with Crippen molar-refractivity contribution in [2.45, 2.75) is 83.3 Å². The van der Waals surface area contributed by atoms with E-state index in [-0.39, 0.29) is 28.9 Å². The van der Waals surface area contributed by atoms with E-state index in [9.17, 15) is 4.79 Å². The van der Waals surface area contributed by atoms with Crippen molar-refractivity contribution in [3.8, 4) is 0 Å². The van der Waals surface area contributed by atoms with Gasteiger partial charge in [-0.15, -0.1) is 0 Å². The highest BCUT2D eigenvalue weighted by Crippen LogP contribution is 2.76. The van der Waals surface area contributed by atoms with E-state index in [0.29, 0.717) is 11.0 Å². The summed E-state index contributed by atoms with van der Waals surface area (Å²) in [4.78, 5) is 13.8. The van der Waals surface area contributed by atoms with Gasteiger partial charge in [-0.05, 0) is 79.1 Å². The van der Waals surface area contributed by atoms with Crippen molar-refractivity contribution in [2.75, 3.05) is 5.32 Å². The number of hydrogen-bond acceptors (Lipinski definition) is 3. The monoisotopic (exact) mass is 444 g/mol. The van der Waals surface area contributed by atoms with E-state index < -0.39 is 0 Å². The number of fused-ring (bicyclic) bond motifs is 3. The maximum atomic E-state index is 13.8. The second-order valence-corrected chi connectivity index (χ2v) is 13.1. The van der Waals surface area contributed by atoms with Crippen LogP contribution in [0.5, 0.6) is 0 Å². The Morgan fingerprint density at radius 2 is 1.91 bits per heavy atom. The van der Waals surface area contributed by atoms with Crippen LogP contribution in [0, 0.1) is 28.6 Å². The molecule has 0 saturated heterocycles. The van der Waals surface area contributed by atoms with Gasteiger partial charge >= 0.3 is 0 Å². The summed E-state index contributed by atoms with van der Waals surface area (Å²) in [6.45, 7) is 6.82. The Balaban J connectivity index is 1.21. The number of nitrogens with one attached hydrogen (secondary N) is 2. The number of anilines is 1. The summed E-state index contributed by atoms with van der Waals surface area (Å²) in [5, 5.41) is 12.1. The van der Waals surface area contributed by atoms with Crippen LogP contribution in [0.25, 0.3) is 0 Å². The molecule has 7 rings (SSSR count). The molecule has 0 radical (unpaired) electrons. The number of hydrogen-bond donors (Lipinski definition) is 2. The highest BCUT2D eigenvalue weighted by Gasteiger charge is 2.71. The molecule has 1 aromatic heterocycles. The zero-order valence-electron chi connectivity index (χ0n) is 20.1. The summed E-state index contributed by atoms with van der Waals surface area (Å²) in [5.41, 5.74) is 2.62. The summed E-state index contributed by atoms with van der Waals surface area (Å²) >= 11 is 0. The Hall–Kier alpha value is -2.30. The van der Waals surface area contributed by atoms with E-state index >= 15 is 0 Å². The van der Waals surface area contributed by atoms with Gasteiger partial charge in [0.1, 0.15) is 11.4 Å². The normalized spacial score (nSPS) is 40.0. The van der Waals surface area contributed by atoms with Crippen LogP contribution < -0.4 is 10.6 Å². The van der Waals surface area contributed by atoms with Gasteiger partial charge < -0.3 is 10.6 Å². The van der Waals surface area contributed by atoms with Crippen LogP contribution in [0.1, 0.15) is 93.7 Å². The van der Waals surface area contributed by atoms with E-state index in [0.717, 1.165) is 30.0 Å². The van der Waals surface area contributed by atoms with Crippen LogP contribution in [0.4, 0.5) is 5.82 Å². The highest BCUT2D eigenvalue weighted by atomic mass is 16.2. The van der Waals surface area contributed by atoms with Crippen LogP contribution in [-0.4, -0.2) is 21.2 Å². The molecule has 5 heteroatoms. The van der Waals surface area contributed by atoms with Crippen molar-refractivity contribution in [3.05, 3.63) is 47.7 Å². The van der Waals surface area contributed by atoms with Gasteiger partial charge in [-0.2, -0.15) is 5.10 Å². The number of rotatable bonds is 3. The molecule has 5 aliphatic rings. The minimum atomic E-state index is 0.0155. The summed E-state index contributed by atoms with van der Waals surface area (Å²) in [7, 11) is 0. The quantitative estimate of drug-likeness (QED) is 0.636. The van der Waals surface area contributed by atoms with Crippen molar-refractivity contribution in [1.29, 1.82) is 0 Å². The molecule has 7 atom stereocenters. The predicted molar refractivity (Wildman–Crippen MR) is 129 cm³/mol. The fourth-order valence-electron chi connectivity index (χ4n) is 8.89. The third-order valence-electron chi connectivity index (χ3n) is 10.2. The summed E-state index contributed by atoms with van der Waals surface area (Å²) in [6.07, 6.45) is 10.6. The lowest BCUT2D eigenvalue weighted by Gasteiger charge is -2.49. The molecule has 5 nitrogen and oxygen atoms in total. The summed E-state index contributed by atoms with van der Waals surface area (Å²) in [5.74, 6) is 3.57. The van der Waals surface area contributed by atoms with Gasteiger partial charge in [0.05, 0.1) is 18.3 Å². The Kier molecular flexibility index (Phi) is 3.92. The number of carbonyl (C=O) groups is 1. The van der Waals surface area contributed by atoms with E-state index in [1.165, 1.54) is 44.1 Å². The molecule has 4 saturated carbocycles. The van der Waals surface area contributed by atoms with Crippen molar-refractivity contribution >= 4 is 11.7 Å². The Labute approximate surface area is 196 Å². The Morgan fingerprint density at radius 3 is 2.70 bits per heavy atom. The molecule has 33 heavy (non-hydrogen) atoms. The van der Waals surface area contributed by atoms with E-state index in [4.69, 9.17) is 5.10 Å². The molecule has 2 heterocycles. The van der Waals surface area contributed by atoms with Gasteiger partial charge in [0, 0.05) is 5.54 Å². The van der Waals surface area contributed by atoms with E-state index in [1.54, 1.807) is 0 Å². The van der Waals surface area contributed by atoms with Crippen LogP contribution in [0.15, 0.2) is 36.5 Å². The molecule has 1 spiro atoms. The molecule has 2 N–H and O–H groups in total. The average molecular weight is 445 g/mol. The largest absolute Gasteiger partial charge is 0.363 e. The van der Waals surface area contributed by atoms with Gasteiger partial charge in [0.2, 0.25) is 0 Å². The molecule has 7 unspecified atom stereocenters. The molecule has 3 bridgehead atoms.